The van der Waals surface area contributed by atoms with Crippen LogP contribution in [0.2, 0.25) is 0 Å². The Hall–Kier alpha value is -2.48. The van der Waals surface area contributed by atoms with Crippen LogP contribution in [0.1, 0.15) is 43.9 Å². The zero-order valence-corrected chi connectivity index (χ0v) is 17.9. The highest BCUT2D eigenvalue weighted by atomic mass is 32.2. The Morgan fingerprint density at radius 2 is 1.66 bits per heavy atom. The van der Waals surface area contributed by atoms with Gasteiger partial charge in [-0.05, 0) is 56.5 Å². The molecule has 0 spiro atoms. The lowest BCUT2D eigenvalue weighted by Gasteiger charge is -2.20. The fourth-order valence-corrected chi connectivity index (χ4v) is 4.45. The molecule has 0 atom stereocenters. The minimum atomic E-state index is -3.70. The van der Waals surface area contributed by atoms with Crippen LogP contribution < -0.4 is 4.72 Å². The molecule has 2 rings (SSSR count). The summed E-state index contributed by atoms with van der Waals surface area (Å²) in [5.41, 5.74) is 2.13. The maximum absolute atomic E-state index is 12.5. The average Bonchev–Trinajstić information content (AvgIpc) is 2.60. The van der Waals surface area contributed by atoms with Crippen LogP contribution in [-0.4, -0.2) is 36.7 Å². The second-order valence-corrected chi connectivity index (χ2v) is 9.56. The number of sulfonamides is 1. The van der Waals surface area contributed by atoms with Gasteiger partial charge in [-0.3, -0.25) is 0 Å². The lowest BCUT2D eigenvalue weighted by Crippen LogP contribution is -2.40. The number of hydrogen-bond acceptors (Lipinski definition) is 4. The smallest absolute Gasteiger partial charge is 0.332 e. The van der Waals surface area contributed by atoms with Crippen LogP contribution in [0.5, 0.6) is 0 Å². The van der Waals surface area contributed by atoms with Gasteiger partial charge >= 0.3 is 5.97 Å². The molecule has 0 saturated heterocycles. The highest BCUT2D eigenvalue weighted by molar-refractivity contribution is 7.89. The fraction of sp³-hybridized carbons (Fsp3) is 0.318. The van der Waals surface area contributed by atoms with Gasteiger partial charge in [0.15, 0.2) is 0 Å². The highest BCUT2D eigenvalue weighted by Crippen LogP contribution is 2.30. The van der Waals surface area contributed by atoms with Crippen LogP contribution in [0.25, 0.3) is 5.57 Å². The molecule has 0 bridgehead atoms. The first-order chi connectivity index (χ1) is 13.4. The fourth-order valence-electron chi connectivity index (χ4n) is 3.03. The van der Waals surface area contributed by atoms with Crippen molar-refractivity contribution >= 4 is 21.6 Å². The van der Waals surface area contributed by atoms with E-state index < -0.39 is 21.5 Å². The maximum atomic E-state index is 12.5. The minimum Gasteiger partial charge on any atom is -0.478 e. The SMILES string of the molecule is Cc1cccc(C(=C(CCO)C(=O)O)c2ccc(S(=O)(=O)NC(C)(C)C)cc2)c1. The van der Waals surface area contributed by atoms with Crippen LogP contribution in [0, 0.1) is 6.92 Å². The molecule has 29 heavy (non-hydrogen) atoms. The summed E-state index contributed by atoms with van der Waals surface area (Å²) in [6.45, 7) is 6.86. The van der Waals surface area contributed by atoms with Crippen molar-refractivity contribution in [2.75, 3.05) is 6.61 Å². The molecule has 0 aromatic heterocycles. The van der Waals surface area contributed by atoms with Crippen molar-refractivity contribution in [3.63, 3.8) is 0 Å². The molecular weight excluding hydrogens is 390 g/mol. The average molecular weight is 418 g/mol. The van der Waals surface area contributed by atoms with Gasteiger partial charge in [0.25, 0.3) is 0 Å². The van der Waals surface area contributed by atoms with Crippen LogP contribution in [0.15, 0.2) is 59.0 Å². The molecule has 2 aromatic carbocycles. The molecule has 6 nitrogen and oxygen atoms in total. The number of carboxylic acid groups (broad SMARTS) is 1. The summed E-state index contributed by atoms with van der Waals surface area (Å²) in [6, 6.07) is 13.5. The zero-order chi connectivity index (χ0) is 21.8. The van der Waals surface area contributed by atoms with E-state index in [0.29, 0.717) is 16.7 Å². The van der Waals surface area contributed by atoms with E-state index in [4.69, 9.17) is 0 Å². The lowest BCUT2D eigenvalue weighted by atomic mass is 9.91. The third-order valence-corrected chi connectivity index (χ3v) is 5.90. The van der Waals surface area contributed by atoms with Crippen molar-refractivity contribution in [1.29, 1.82) is 0 Å². The Bertz CT molecular complexity index is 1020. The lowest BCUT2D eigenvalue weighted by molar-refractivity contribution is -0.132. The molecule has 0 aliphatic carbocycles. The van der Waals surface area contributed by atoms with Crippen molar-refractivity contribution in [3.8, 4) is 0 Å². The topological polar surface area (TPSA) is 104 Å². The maximum Gasteiger partial charge on any atom is 0.332 e. The monoisotopic (exact) mass is 417 g/mol. The van der Waals surface area contributed by atoms with Crippen LogP contribution >= 0.6 is 0 Å². The number of aliphatic hydroxyl groups excluding tert-OH is 1. The molecule has 0 unspecified atom stereocenters. The third-order valence-electron chi connectivity index (χ3n) is 4.12. The first-order valence-electron chi connectivity index (χ1n) is 9.23. The molecule has 0 heterocycles. The van der Waals surface area contributed by atoms with Crippen molar-refractivity contribution in [1.82, 2.24) is 4.72 Å². The summed E-state index contributed by atoms with van der Waals surface area (Å²) in [4.78, 5) is 12.0. The van der Waals surface area contributed by atoms with E-state index in [1.807, 2.05) is 25.1 Å². The summed E-state index contributed by atoms with van der Waals surface area (Å²) in [7, 11) is -3.70. The van der Waals surface area contributed by atoms with E-state index in [1.165, 1.54) is 12.1 Å². The second kappa shape index (κ2) is 8.90. The van der Waals surface area contributed by atoms with E-state index in [-0.39, 0.29) is 23.5 Å². The van der Waals surface area contributed by atoms with Gasteiger partial charge in [0, 0.05) is 24.1 Å². The Morgan fingerprint density at radius 1 is 1.03 bits per heavy atom. The number of carboxylic acids is 1. The number of rotatable bonds is 7. The van der Waals surface area contributed by atoms with Gasteiger partial charge in [0.2, 0.25) is 10.0 Å². The molecule has 7 heteroatoms. The van der Waals surface area contributed by atoms with Gasteiger partial charge in [0.05, 0.1) is 4.90 Å². The number of benzene rings is 2. The molecule has 0 aliphatic heterocycles. The summed E-state index contributed by atoms with van der Waals surface area (Å²) < 4.78 is 27.7. The molecular formula is C22H27NO5S. The number of aryl methyl sites for hydroxylation is 1. The molecule has 156 valence electrons. The van der Waals surface area contributed by atoms with E-state index in [1.54, 1.807) is 39.0 Å². The summed E-state index contributed by atoms with van der Waals surface area (Å²) in [6.07, 6.45) is -0.0236. The number of aliphatic carboxylic acids is 1. The van der Waals surface area contributed by atoms with Crippen molar-refractivity contribution in [3.05, 3.63) is 70.8 Å². The minimum absolute atomic E-state index is 0.0236. The largest absolute Gasteiger partial charge is 0.478 e. The highest BCUT2D eigenvalue weighted by Gasteiger charge is 2.23. The van der Waals surface area contributed by atoms with E-state index in [2.05, 4.69) is 4.72 Å². The number of hydrogen-bond donors (Lipinski definition) is 3. The van der Waals surface area contributed by atoms with E-state index in [0.717, 1.165) is 5.56 Å². The van der Waals surface area contributed by atoms with Crippen LogP contribution in [0.4, 0.5) is 0 Å². The van der Waals surface area contributed by atoms with Crippen LogP contribution in [-0.2, 0) is 14.8 Å². The van der Waals surface area contributed by atoms with Gasteiger partial charge in [0.1, 0.15) is 0 Å². The summed E-state index contributed by atoms with van der Waals surface area (Å²) in [5.74, 6) is -1.12. The Kier molecular flexibility index (Phi) is 7.00. The van der Waals surface area contributed by atoms with Crippen LogP contribution in [0.3, 0.4) is 0 Å². The summed E-state index contributed by atoms with van der Waals surface area (Å²) >= 11 is 0. The Labute approximate surface area is 172 Å². The predicted molar refractivity (Wildman–Crippen MR) is 113 cm³/mol. The van der Waals surface area contributed by atoms with Gasteiger partial charge < -0.3 is 10.2 Å². The normalized spacial score (nSPS) is 13.1. The predicted octanol–water partition coefficient (Wildman–Crippen LogP) is 3.34. The zero-order valence-electron chi connectivity index (χ0n) is 17.1. The molecule has 0 radical (unpaired) electrons. The molecule has 2 aromatic rings. The Balaban J connectivity index is 2.61. The quantitative estimate of drug-likeness (QED) is 0.600. The molecule has 0 aliphatic rings. The van der Waals surface area contributed by atoms with Crippen molar-refractivity contribution in [2.24, 2.45) is 0 Å². The molecule has 3 N–H and O–H groups in total. The standard InChI is InChI=1S/C22H27NO5S/c1-15-6-5-7-17(14-15)20(19(12-13-24)21(25)26)16-8-10-18(11-9-16)29(27,28)23-22(2,3)4/h5-11,14,23-24H,12-13H2,1-4H3,(H,25,26). The Morgan fingerprint density at radius 3 is 2.14 bits per heavy atom. The van der Waals surface area contributed by atoms with E-state index in [9.17, 15) is 23.4 Å². The number of nitrogens with one attached hydrogen (secondary N) is 1. The summed E-state index contributed by atoms with van der Waals surface area (Å²) in [5, 5.41) is 19.1. The van der Waals surface area contributed by atoms with Gasteiger partial charge in [-0.25, -0.2) is 17.9 Å². The van der Waals surface area contributed by atoms with E-state index >= 15 is 0 Å². The van der Waals surface area contributed by atoms with Crippen molar-refractivity contribution in [2.45, 2.75) is 44.6 Å². The third kappa shape index (κ3) is 6.00. The first-order valence-corrected chi connectivity index (χ1v) is 10.7. The second-order valence-electron chi connectivity index (χ2n) is 7.88. The number of carbonyl (C=O) groups is 1. The van der Waals surface area contributed by atoms with Gasteiger partial charge in [-0.1, -0.05) is 42.0 Å². The number of aliphatic hydroxyl groups is 1. The molecule has 0 saturated carbocycles. The van der Waals surface area contributed by atoms with Gasteiger partial charge in [-0.15, -0.1) is 0 Å². The van der Waals surface area contributed by atoms with Crippen molar-refractivity contribution < 1.29 is 23.4 Å². The van der Waals surface area contributed by atoms with Gasteiger partial charge in [-0.2, -0.15) is 0 Å². The molecule has 0 amide bonds. The molecule has 0 fully saturated rings. The first kappa shape index (κ1) is 22.8.